The molecule has 0 saturated carbocycles. The van der Waals surface area contributed by atoms with Crippen LogP contribution in [0.2, 0.25) is 0 Å². The molecular formula is C11H15N5. The zero-order chi connectivity index (χ0) is 11.5. The number of rotatable bonds is 3. The van der Waals surface area contributed by atoms with Crippen LogP contribution < -0.4 is 5.32 Å². The van der Waals surface area contributed by atoms with E-state index in [0.717, 1.165) is 28.5 Å². The summed E-state index contributed by atoms with van der Waals surface area (Å²) < 4.78 is 0. The summed E-state index contributed by atoms with van der Waals surface area (Å²) in [6.07, 6.45) is 3.58. The summed E-state index contributed by atoms with van der Waals surface area (Å²) in [5.41, 5.74) is 4.03. The largest absolute Gasteiger partial charge is 0.363 e. The van der Waals surface area contributed by atoms with Gasteiger partial charge in [-0.05, 0) is 26.3 Å². The molecule has 0 fully saturated rings. The van der Waals surface area contributed by atoms with Crippen LogP contribution in [0, 0.1) is 20.8 Å². The van der Waals surface area contributed by atoms with Crippen molar-refractivity contribution in [3.8, 4) is 0 Å². The molecule has 0 bridgehead atoms. The molecule has 2 N–H and O–H groups in total. The predicted molar refractivity (Wildman–Crippen MR) is 62.2 cm³/mol. The normalized spacial score (nSPS) is 10.4. The lowest BCUT2D eigenvalue weighted by molar-refractivity contribution is 0.952. The van der Waals surface area contributed by atoms with Crippen LogP contribution in [0.4, 0.5) is 5.82 Å². The van der Waals surface area contributed by atoms with Gasteiger partial charge in [-0.3, -0.25) is 10.1 Å². The molecule has 0 atom stereocenters. The Bertz CT molecular complexity index is 489. The minimum atomic E-state index is 0.685. The quantitative estimate of drug-likeness (QED) is 0.821. The van der Waals surface area contributed by atoms with Crippen LogP contribution in [-0.2, 0) is 6.54 Å². The van der Waals surface area contributed by atoms with E-state index in [9.17, 15) is 0 Å². The Morgan fingerprint density at radius 3 is 2.75 bits per heavy atom. The van der Waals surface area contributed by atoms with Gasteiger partial charge in [-0.25, -0.2) is 4.98 Å². The number of aromatic amines is 1. The van der Waals surface area contributed by atoms with Crippen molar-refractivity contribution in [1.29, 1.82) is 0 Å². The van der Waals surface area contributed by atoms with Crippen LogP contribution in [0.15, 0.2) is 12.4 Å². The van der Waals surface area contributed by atoms with Gasteiger partial charge in [0.1, 0.15) is 5.82 Å². The van der Waals surface area contributed by atoms with Crippen LogP contribution in [-0.4, -0.2) is 20.2 Å². The molecule has 0 aliphatic rings. The first-order valence-corrected chi connectivity index (χ1v) is 5.20. The van der Waals surface area contributed by atoms with Crippen molar-refractivity contribution in [1.82, 2.24) is 20.2 Å². The Balaban J connectivity index is 2.10. The average Bonchev–Trinajstić information content (AvgIpc) is 2.66. The maximum absolute atomic E-state index is 4.39. The van der Waals surface area contributed by atoms with Gasteiger partial charge in [0.15, 0.2) is 0 Å². The molecule has 2 aromatic heterocycles. The van der Waals surface area contributed by atoms with Crippen molar-refractivity contribution >= 4 is 5.82 Å². The van der Waals surface area contributed by atoms with E-state index in [4.69, 9.17) is 0 Å². The molecule has 0 saturated heterocycles. The second kappa shape index (κ2) is 4.30. The molecule has 2 aromatic rings. The van der Waals surface area contributed by atoms with Gasteiger partial charge in [-0.2, -0.15) is 5.10 Å². The van der Waals surface area contributed by atoms with Crippen LogP contribution in [0.25, 0.3) is 0 Å². The van der Waals surface area contributed by atoms with Crippen molar-refractivity contribution in [3.63, 3.8) is 0 Å². The van der Waals surface area contributed by atoms with E-state index in [0.29, 0.717) is 6.54 Å². The van der Waals surface area contributed by atoms with Gasteiger partial charge in [0.05, 0.1) is 29.8 Å². The first-order valence-electron chi connectivity index (χ1n) is 5.20. The van der Waals surface area contributed by atoms with Gasteiger partial charge in [0.25, 0.3) is 0 Å². The molecule has 0 aromatic carbocycles. The van der Waals surface area contributed by atoms with Gasteiger partial charge in [-0.1, -0.05) is 0 Å². The first kappa shape index (κ1) is 10.6. The molecule has 5 heteroatoms. The molecule has 2 rings (SSSR count). The molecule has 2 heterocycles. The molecule has 0 radical (unpaired) electrons. The lowest BCUT2D eigenvalue weighted by Crippen LogP contribution is -2.06. The number of nitrogens with one attached hydrogen (secondary N) is 2. The van der Waals surface area contributed by atoms with Gasteiger partial charge < -0.3 is 5.32 Å². The highest BCUT2D eigenvalue weighted by atomic mass is 15.1. The molecule has 0 aliphatic carbocycles. The SMILES string of the molecule is Cc1cnc(C)c(NCc2[nH]ncc2C)n1. The number of hydrogen-bond acceptors (Lipinski definition) is 4. The van der Waals surface area contributed by atoms with E-state index < -0.39 is 0 Å². The average molecular weight is 217 g/mol. The predicted octanol–water partition coefficient (Wildman–Crippen LogP) is 1.74. The standard InChI is InChI=1S/C11H15N5/c1-7-4-14-16-10(7)6-13-11-9(3)12-5-8(2)15-11/h4-5H,6H2,1-3H3,(H,13,15)(H,14,16). The second-order valence-corrected chi connectivity index (χ2v) is 3.83. The van der Waals surface area contributed by atoms with E-state index in [1.807, 2.05) is 27.0 Å². The molecule has 16 heavy (non-hydrogen) atoms. The van der Waals surface area contributed by atoms with Gasteiger partial charge in [0, 0.05) is 6.20 Å². The highest BCUT2D eigenvalue weighted by molar-refractivity contribution is 5.40. The molecule has 84 valence electrons. The summed E-state index contributed by atoms with van der Waals surface area (Å²) in [7, 11) is 0. The molecule has 0 unspecified atom stereocenters. The fourth-order valence-electron chi connectivity index (χ4n) is 1.43. The fourth-order valence-corrected chi connectivity index (χ4v) is 1.43. The third kappa shape index (κ3) is 2.18. The zero-order valence-electron chi connectivity index (χ0n) is 9.70. The maximum Gasteiger partial charge on any atom is 0.148 e. The van der Waals surface area contributed by atoms with Crippen molar-refractivity contribution in [2.45, 2.75) is 27.3 Å². The third-order valence-corrected chi connectivity index (χ3v) is 2.44. The van der Waals surface area contributed by atoms with Gasteiger partial charge >= 0.3 is 0 Å². The third-order valence-electron chi connectivity index (χ3n) is 2.44. The first-order chi connectivity index (χ1) is 7.66. The van der Waals surface area contributed by atoms with Crippen LogP contribution in [0.1, 0.15) is 22.6 Å². The summed E-state index contributed by atoms with van der Waals surface area (Å²) in [6.45, 7) is 6.58. The number of H-pyrrole nitrogens is 1. The van der Waals surface area contributed by atoms with Crippen LogP contribution >= 0.6 is 0 Å². The van der Waals surface area contributed by atoms with Crippen LogP contribution in [0.3, 0.4) is 0 Å². The summed E-state index contributed by atoms with van der Waals surface area (Å²) >= 11 is 0. The number of hydrogen-bond donors (Lipinski definition) is 2. The smallest absolute Gasteiger partial charge is 0.148 e. The molecular weight excluding hydrogens is 202 g/mol. The van der Waals surface area contributed by atoms with E-state index >= 15 is 0 Å². The lowest BCUT2D eigenvalue weighted by Gasteiger charge is -2.07. The zero-order valence-corrected chi connectivity index (χ0v) is 9.70. The Hall–Kier alpha value is -1.91. The molecule has 0 amide bonds. The highest BCUT2D eigenvalue weighted by Crippen LogP contribution is 2.11. The fraction of sp³-hybridized carbons (Fsp3) is 0.364. The van der Waals surface area contributed by atoms with Crippen molar-refractivity contribution < 1.29 is 0 Å². The summed E-state index contributed by atoms with van der Waals surface area (Å²) in [5, 5.41) is 10.2. The minimum absolute atomic E-state index is 0.685. The number of nitrogens with zero attached hydrogens (tertiary/aromatic N) is 3. The van der Waals surface area contributed by atoms with E-state index in [1.54, 1.807) is 6.20 Å². The van der Waals surface area contributed by atoms with Gasteiger partial charge in [-0.15, -0.1) is 0 Å². The number of anilines is 1. The summed E-state index contributed by atoms with van der Waals surface area (Å²) in [6, 6.07) is 0. The maximum atomic E-state index is 4.39. The Kier molecular flexibility index (Phi) is 2.85. The minimum Gasteiger partial charge on any atom is -0.363 e. The second-order valence-electron chi connectivity index (χ2n) is 3.83. The number of aryl methyl sites for hydroxylation is 3. The number of aromatic nitrogens is 4. The van der Waals surface area contributed by atoms with Crippen molar-refractivity contribution in [2.24, 2.45) is 0 Å². The molecule has 0 spiro atoms. The summed E-state index contributed by atoms with van der Waals surface area (Å²) in [5.74, 6) is 0.828. The Morgan fingerprint density at radius 2 is 2.06 bits per heavy atom. The lowest BCUT2D eigenvalue weighted by atomic mass is 10.3. The molecule has 5 nitrogen and oxygen atoms in total. The van der Waals surface area contributed by atoms with Crippen molar-refractivity contribution in [2.75, 3.05) is 5.32 Å². The highest BCUT2D eigenvalue weighted by Gasteiger charge is 2.04. The molecule has 0 aliphatic heterocycles. The van der Waals surface area contributed by atoms with Crippen molar-refractivity contribution in [3.05, 3.63) is 35.0 Å². The monoisotopic (exact) mass is 217 g/mol. The van der Waals surface area contributed by atoms with Crippen LogP contribution in [0.5, 0.6) is 0 Å². The Labute approximate surface area is 94.3 Å². The topological polar surface area (TPSA) is 66.5 Å². The van der Waals surface area contributed by atoms with E-state index in [1.165, 1.54) is 0 Å². The Morgan fingerprint density at radius 1 is 1.25 bits per heavy atom. The van der Waals surface area contributed by atoms with Gasteiger partial charge in [0.2, 0.25) is 0 Å². The summed E-state index contributed by atoms with van der Waals surface area (Å²) in [4.78, 5) is 8.64. The van der Waals surface area contributed by atoms with E-state index in [2.05, 4.69) is 25.5 Å². The van der Waals surface area contributed by atoms with E-state index in [-0.39, 0.29) is 0 Å².